The molecule has 0 saturated carbocycles. The Hall–Kier alpha value is -2.34. The van der Waals surface area contributed by atoms with Crippen LogP contribution in [0, 0.1) is 0 Å². The Morgan fingerprint density at radius 2 is 1.17 bits per heavy atom. The topological polar surface area (TPSA) is 63.4 Å². The number of nitrogens with zero attached hydrogens (tertiary/aromatic N) is 1. The van der Waals surface area contributed by atoms with Crippen molar-refractivity contribution in [1.29, 1.82) is 0 Å². The SMILES string of the molecule is NN(c1ccc(Cl)cc1)c1ccc(S(=O)(=O)c2ccccc2)cc1. The van der Waals surface area contributed by atoms with Crippen LogP contribution in [0.1, 0.15) is 0 Å². The van der Waals surface area contributed by atoms with Gasteiger partial charge in [-0.3, -0.25) is 5.01 Å². The predicted octanol–water partition coefficient (Wildman–Crippen LogP) is 4.18. The minimum atomic E-state index is -3.53. The third-order valence-corrected chi connectivity index (χ3v) is 5.62. The summed E-state index contributed by atoms with van der Waals surface area (Å²) in [6, 6.07) is 21.8. The predicted molar refractivity (Wildman–Crippen MR) is 96.1 cm³/mol. The molecule has 0 aliphatic rings. The van der Waals surface area contributed by atoms with E-state index in [1.54, 1.807) is 78.9 Å². The van der Waals surface area contributed by atoms with E-state index in [9.17, 15) is 8.42 Å². The second kappa shape index (κ2) is 6.65. The highest BCUT2D eigenvalue weighted by molar-refractivity contribution is 7.91. The zero-order valence-electron chi connectivity index (χ0n) is 12.6. The Bertz CT molecular complexity index is 925. The van der Waals surface area contributed by atoms with Gasteiger partial charge in [-0.2, -0.15) is 0 Å². The van der Waals surface area contributed by atoms with Crippen LogP contribution >= 0.6 is 11.6 Å². The van der Waals surface area contributed by atoms with Crippen molar-refractivity contribution in [2.45, 2.75) is 9.79 Å². The molecule has 122 valence electrons. The van der Waals surface area contributed by atoms with E-state index >= 15 is 0 Å². The number of anilines is 2. The van der Waals surface area contributed by atoms with Gasteiger partial charge in [-0.1, -0.05) is 29.8 Å². The van der Waals surface area contributed by atoms with Crippen molar-refractivity contribution in [3.8, 4) is 0 Å². The third kappa shape index (κ3) is 3.28. The van der Waals surface area contributed by atoms with Gasteiger partial charge in [0.15, 0.2) is 0 Å². The van der Waals surface area contributed by atoms with Crippen LogP contribution in [0.25, 0.3) is 0 Å². The molecular formula is C18H15ClN2O2S. The van der Waals surface area contributed by atoms with Crippen molar-refractivity contribution in [3.63, 3.8) is 0 Å². The molecule has 3 rings (SSSR count). The van der Waals surface area contributed by atoms with E-state index in [2.05, 4.69) is 0 Å². The average molecular weight is 359 g/mol. The van der Waals surface area contributed by atoms with Gasteiger partial charge in [0.1, 0.15) is 0 Å². The highest BCUT2D eigenvalue weighted by Gasteiger charge is 2.17. The molecule has 0 aromatic heterocycles. The molecule has 3 aromatic rings. The summed E-state index contributed by atoms with van der Waals surface area (Å²) in [6.45, 7) is 0. The third-order valence-electron chi connectivity index (χ3n) is 3.58. The maximum Gasteiger partial charge on any atom is 0.206 e. The van der Waals surface area contributed by atoms with E-state index in [4.69, 9.17) is 17.4 Å². The lowest BCUT2D eigenvalue weighted by molar-refractivity contribution is 0.596. The van der Waals surface area contributed by atoms with Gasteiger partial charge in [0.2, 0.25) is 9.84 Å². The lowest BCUT2D eigenvalue weighted by atomic mass is 10.2. The van der Waals surface area contributed by atoms with Crippen molar-refractivity contribution in [2.75, 3.05) is 5.01 Å². The second-order valence-corrected chi connectivity index (χ2v) is 7.54. The number of nitrogens with two attached hydrogens (primary N) is 1. The fourth-order valence-corrected chi connectivity index (χ4v) is 3.68. The molecule has 0 atom stereocenters. The molecule has 0 bridgehead atoms. The summed E-state index contributed by atoms with van der Waals surface area (Å²) < 4.78 is 25.1. The van der Waals surface area contributed by atoms with Gasteiger partial charge in [0.05, 0.1) is 21.2 Å². The van der Waals surface area contributed by atoms with Crippen molar-refractivity contribution in [3.05, 3.63) is 83.9 Å². The largest absolute Gasteiger partial charge is 0.280 e. The molecule has 3 aromatic carbocycles. The number of benzene rings is 3. The molecule has 0 spiro atoms. The van der Waals surface area contributed by atoms with E-state index in [-0.39, 0.29) is 9.79 Å². The van der Waals surface area contributed by atoms with Crippen molar-refractivity contribution < 1.29 is 8.42 Å². The zero-order valence-corrected chi connectivity index (χ0v) is 14.2. The Morgan fingerprint density at radius 1 is 0.708 bits per heavy atom. The minimum Gasteiger partial charge on any atom is -0.280 e. The fraction of sp³-hybridized carbons (Fsp3) is 0. The molecule has 4 nitrogen and oxygen atoms in total. The Labute approximate surface area is 146 Å². The first-order valence-corrected chi connectivity index (χ1v) is 9.05. The smallest absolute Gasteiger partial charge is 0.206 e. The lowest BCUT2D eigenvalue weighted by Crippen LogP contribution is -2.24. The fourth-order valence-electron chi connectivity index (χ4n) is 2.27. The summed E-state index contributed by atoms with van der Waals surface area (Å²) in [5.74, 6) is 6.08. The molecule has 0 saturated heterocycles. The Balaban J connectivity index is 1.89. The van der Waals surface area contributed by atoms with Crippen LogP contribution in [0.3, 0.4) is 0 Å². The number of hydrazine groups is 1. The maximum atomic E-state index is 12.6. The molecule has 2 N–H and O–H groups in total. The van der Waals surface area contributed by atoms with Crippen LogP contribution in [0.4, 0.5) is 11.4 Å². The second-order valence-electron chi connectivity index (χ2n) is 5.16. The first kappa shape index (κ1) is 16.5. The molecule has 0 aliphatic heterocycles. The Morgan fingerprint density at radius 3 is 1.71 bits per heavy atom. The van der Waals surface area contributed by atoms with Gasteiger partial charge in [-0.25, -0.2) is 14.3 Å². The van der Waals surface area contributed by atoms with E-state index < -0.39 is 9.84 Å². The van der Waals surface area contributed by atoms with Crippen LogP contribution in [0.15, 0.2) is 88.7 Å². The lowest BCUT2D eigenvalue weighted by Gasteiger charge is -2.19. The number of hydrogen-bond acceptors (Lipinski definition) is 4. The van der Waals surface area contributed by atoms with Crippen LogP contribution < -0.4 is 10.9 Å². The van der Waals surface area contributed by atoms with Gasteiger partial charge >= 0.3 is 0 Å². The number of hydrogen-bond donors (Lipinski definition) is 1. The summed E-state index contributed by atoms with van der Waals surface area (Å²) in [5, 5.41) is 2.09. The van der Waals surface area contributed by atoms with E-state index in [0.717, 1.165) is 5.69 Å². The highest BCUT2D eigenvalue weighted by atomic mass is 35.5. The summed E-state index contributed by atoms with van der Waals surface area (Å²) in [7, 11) is -3.53. The van der Waals surface area contributed by atoms with Crippen molar-refractivity contribution >= 4 is 32.8 Å². The van der Waals surface area contributed by atoms with E-state index in [1.165, 1.54) is 5.01 Å². The summed E-state index contributed by atoms with van der Waals surface area (Å²) in [6.07, 6.45) is 0. The highest BCUT2D eigenvalue weighted by Crippen LogP contribution is 2.26. The number of sulfone groups is 1. The van der Waals surface area contributed by atoms with E-state index in [0.29, 0.717) is 10.7 Å². The maximum absolute atomic E-state index is 12.6. The molecule has 0 heterocycles. The van der Waals surface area contributed by atoms with Crippen LogP contribution in [-0.4, -0.2) is 8.42 Å². The number of halogens is 1. The first-order chi connectivity index (χ1) is 11.5. The standard InChI is InChI=1S/C18H15ClN2O2S/c19-14-6-8-15(9-7-14)21(20)16-10-12-18(13-11-16)24(22,23)17-4-2-1-3-5-17/h1-13H,20H2. The molecule has 24 heavy (non-hydrogen) atoms. The molecule has 0 unspecified atom stereocenters. The Kier molecular flexibility index (Phi) is 4.57. The van der Waals surface area contributed by atoms with Gasteiger partial charge in [-0.15, -0.1) is 0 Å². The van der Waals surface area contributed by atoms with Crippen molar-refractivity contribution in [2.24, 2.45) is 5.84 Å². The van der Waals surface area contributed by atoms with Crippen molar-refractivity contribution in [1.82, 2.24) is 0 Å². The van der Waals surface area contributed by atoms with Gasteiger partial charge in [-0.05, 0) is 60.7 Å². The molecule has 6 heteroatoms. The normalized spacial score (nSPS) is 11.2. The molecular weight excluding hydrogens is 344 g/mol. The van der Waals surface area contributed by atoms with Gasteiger partial charge < -0.3 is 0 Å². The van der Waals surface area contributed by atoms with Crippen LogP contribution in [-0.2, 0) is 9.84 Å². The van der Waals surface area contributed by atoms with Gasteiger partial charge in [0, 0.05) is 5.02 Å². The molecule has 0 fully saturated rings. The summed E-state index contributed by atoms with van der Waals surface area (Å²) in [4.78, 5) is 0.488. The number of rotatable bonds is 4. The van der Waals surface area contributed by atoms with Crippen LogP contribution in [0.2, 0.25) is 5.02 Å². The minimum absolute atomic E-state index is 0.224. The molecule has 0 radical (unpaired) electrons. The molecule has 0 amide bonds. The van der Waals surface area contributed by atoms with Crippen LogP contribution in [0.5, 0.6) is 0 Å². The molecule has 0 aliphatic carbocycles. The average Bonchev–Trinajstić information content (AvgIpc) is 2.62. The van der Waals surface area contributed by atoms with E-state index in [1.807, 2.05) is 0 Å². The summed E-state index contributed by atoms with van der Waals surface area (Å²) >= 11 is 5.87. The first-order valence-electron chi connectivity index (χ1n) is 7.19. The summed E-state index contributed by atoms with van der Waals surface area (Å²) in [5.41, 5.74) is 1.42. The monoisotopic (exact) mass is 358 g/mol. The van der Waals surface area contributed by atoms with Gasteiger partial charge in [0.25, 0.3) is 0 Å². The quantitative estimate of drug-likeness (QED) is 0.561. The zero-order chi connectivity index (χ0) is 17.2.